The summed E-state index contributed by atoms with van der Waals surface area (Å²) in [5, 5.41) is 6.05. The second-order valence-electron chi connectivity index (χ2n) is 5.95. The van der Waals surface area contributed by atoms with Gasteiger partial charge in [-0.15, -0.1) is 11.3 Å². The lowest BCUT2D eigenvalue weighted by molar-refractivity contribution is 0.202. The molecule has 0 fully saturated rings. The molecule has 1 aromatic heterocycles. The number of carbonyl (C=O) groups is 1. The van der Waals surface area contributed by atoms with Crippen LogP contribution in [0.4, 0.5) is 4.79 Å². The zero-order valence-corrected chi connectivity index (χ0v) is 15.5. The second-order valence-corrected chi connectivity index (χ2v) is 7.01. The Balaban J connectivity index is 1.75. The maximum Gasteiger partial charge on any atom is 0.317 e. The average molecular weight is 347 g/mol. The van der Waals surface area contributed by atoms with Crippen molar-refractivity contribution < 1.29 is 9.53 Å². The monoisotopic (exact) mass is 347 g/mol. The SMILES string of the molecule is COc1ccc(CCC(C)NC(=O)N(C)Cc2csc(C)n2)cc1. The topological polar surface area (TPSA) is 54.5 Å². The summed E-state index contributed by atoms with van der Waals surface area (Å²) in [6.07, 6.45) is 1.81. The second kappa shape index (κ2) is 8.68. The van der Waals surface area contributed by atoms with Crippen LogP contribution in [-0.2, 0) is 13.0 Å². The summed E-state index contributed by atoms with van der Waals surface area (Å²) < 4.78 is 5.16. The van der Waals surface area contributed by atoms with E-state index in [9.17, 15) is 4.79 Å². The van der Waals surface area contributed by atoms with Crippen molar-refractivity contribution in [3.05, 3.63) is 45.9 Å². The molecule has 1 N–H and O–H groups in total. The van der Waals surface area contributed by atoms with E-state index in [1.807, 2.05) is 31.4 Å². The number of thiazole rings is 1. The number of rotatable bonds is 7. The van der Waals surface area contributed by atoms with Gasteiger partial charge in [0.15, 0.2) is 0 Å². The fourth-order valence-corrected chi connectivity index (χ4v) is 2.97. The molecule has 24 heavy (non-hydrogen) atoms. The number of carbonyl (C=O) groups excluding carboxylic acids is 1. The Labute approximate surface area is 147 Å². The predicted molar refractivity (Wildman–Crippen MR) is 97.6 cm³/mol. The number of hydrogen-bond acceptors (Lipinski definition) is 4. The Morgan fingerprint density at radius 2 is 2.08 bits per heavy atom. The minimum Gasteiger partial charge on any atom is -0.497 e. The molecule has 0 radical (unpaired) electrons. The summed E-state index contributed by atoms with van der Waals surface area (Å²) >= 11 is 1.60. The molecule has 5 nitrogen and oxygen atoms in total. The van der Waals surface area contributed by atoms with E-state index in [0.717, 1.165) is 29.3 Å². The summed E-state index contributed by atoms with van der Waals surface area (Å²) in [5.74, 6) is 0.860. The van der Waals surface area contributed by atoms with Crippen LogP contribution in [0, 0.1) is 6.92 Å². The van der Waals surface area contributed by atoms with Gasteiger partial charge >= 0.3 is 6.03 Å². The van der Waals surface area contributed by atoms with E-state index < -0.39 is 0 Å². The minimum absolute atomic E-state index is 0.0668. The van der Waals surface area contributed by atoms with Gasteiger partial charge in [0.1, 0.15) is 5.75 Å². The van der Waals surface area contributed by atoms with Crippen molar-refractivity contribution in [3.63, 3.8) is 0 Å². The number of amides is 2. The first-order chi connectivity index (χ1) is 11.5. The van der Waals surface area contributed by atoms with Crippen molar-refractivity contribution in [1.82, 2.24) is 15.2 Å². The van der Waals surface area contributed by atoms with Gasteiger partial charge < -0.3 is 15.0 Å². The van der Waals surface area contributed by atoms with Crippen LogP contribution in [0.1, 0.15) is 29.6 Å². The Bertz CT molecular complexity index is 655. The number of hydrogen-bond donors (Lipinski definition) is 1. The molecule has 1 atom stereocenters. The Hall–Kier alpha value is -2.08. The Morgan fingerprint density at radius 3 is 2.67 bits per heavy atom. The van der Waals surface area contributed by atoms with Crippen LogP contribution in [0.2, 0.25) is 0 Å². The molecule has 6 heteroatoms. The molecule has 2 rings (SSSR count). The summed E-state index contributed by atoms with van der Waals surface area (Å²) in [7, 11) is 3.45. The standard InChI is InChI=1S/C18H25N3O2S/c1-13(5-6-15-7-9-17(23-4)10-8-15)19-18(22)21(3)11-16-12-24-14(2)20-16/h7-10,12-13H,5-6,11H2,1-4H3,(H,19,22). The van der Waals surface area contributed by atoms with E-state index in [1.165, 1.54) is 5.56 Å². The van der Waals surface area contributed by atoms with Crippen LogP contribution in [0.3, 0.4) is 0 Å². The molecular weight excluding hydrogens is 322 g/mol. The number of urea groups is 1. The summed E-state index contributed by atoms with van der Waals surface area (Å²) in [6.45, 7) is 4.53. The third-order valence-electron chi connectivity index (χ3n) is 3.81. The third kappa shape index (κ3) is 5.53. The molecule has 0 spiro atoms. The molecule has 1 heterocycles. The zero-order valence-electron chi connectivity index (χ0n) is 14.7. The van der Waals surface area contributed by atoms with Crippen LogP contribution >= 0.6 is 11.3 Å². The lowest BCUT2D eigenvalue weighted by atomic mass is 10.1. The molecule has 2 amide bonds. The van der Waals surface area contributed by atoms with Gasteiger partial charge in [-0.05, 0) is 44.4 Å². The normalized spacial score (nSPS) is 11.8. The van der Waals surface area contributed by atoms with Gasteiger partial charge in [-0.2, -0.15) is 0 Å². The van der Waals surface area contributed by atoms with Crippen molar-refractivity contribution in [3.8, 4) is 5.75 Å². The molecule has 0 aliphatic heterocycles. The lowest BCUT2D eigenvalue weighted by Crippen LogP contribution is -2.41. The predicted octanol–water partition coefficient (Wildman–Crippen LogP) is 3.62. The quantitative estimate of drug-likeness (QED) is 0.832. The van der Waals surface area contributed by atoms with Crippen molar-refractivity contribution in [2.75, 3.05) is 14.2 Å². The first-order valence-electron chi connectivity index (χ1n) is 8.03. The molecule has 1 unspecified atom stereocenters. The molecule has 0 aliphatic rings. The van der Waals surface area contributed by atoms with Gasteiger partial charge in [-0.25, -0.2) is 9.78 Å². The lowest BCUT2D eigenvalue weighted by Gasteiger charge is -2.20. The molecule has 1 aromatic carbocycles. The fraction of sp³-hybridized carbons (Fsp3) is 0.444. The highest BCUT2D eigenvalue weighted by Gasteiger charge is 2.13. The Morgan fingerprint density at radius 1 is 1.38 bits per heavy atom. The van der Waals surface area contributed by atoms with Gasteiger partial charge in [0.25, 0.3) is 0 Å². The smallest absolute Gasteiger partial charge is 0.317 e. The van der Waals surface area contributed by atoms with E-state index in [4.69, 9.17) is 4.74 Å². The molecule has 0 saturated carbocycles. The maximum absolute atomic E-state index is 12.2. The number of benzene rings is 1. The number of nitrogens with zero attached hydrogens (tertiary/aromatic N) is 2. The number of nitrogens with one attached hydrogen (secondary N) is 1. The van der Waals surface area contributed by atoms with Crippen LogP contribution in [0.25, 0.3) is 0 Å². The highest BCUT2D eigenvalue weighted by Crippen LogP contribution is 2.13. The first kappa shape index (κ1) is 18.3. The fourth-order valence-electron chi connectivity index (χ4n) is 2.36. The van der Waals surface area contributed by atoms with Crippen LogP contribution in [-0.4, -0.2) is 36.1 Å². The molecule has 0 aliphatic carbocycles. The van der Waals surface area contributed by atoms with E-state index in [0.29, 0.717) is 6.54 Å². The van der Waals surface area contributed by atoms with Gasteiger partial charge in [0, 0.05) is 18.5 Å². The molecule has 0 saturated heterocycles. The van der Waals surface area contributed by atoms with E-state index in [-0.39, 0.29) is 12.1 Å². The number of aromatic nitrogens is 1. The minimum atomic E-state index is -0.0668. The van der Waals surface area contributed by atoms with Crippen molar-refractivity contribution in [1.29, 1.82) is 0 Å². The van der Waals surface area contributed by atoms with Crippen LogP contribution in [0.5, 0.6) is 5.75 Å². The van der Waals surface area contributed by atoms with E-state index >= 15 is 0 Å². The van der Waals surface area contributed by atoms with Gasteiger partial charge in [-0.3, -0.25) is 0 Å². The number of aryl methyl sites for hydroxylation is 2. The van der Waals surface area contributed by atoms with Gasteiger partial charge in [0.05, 0.1) is 24.4 Å². The summed E-state index contributed by atoms with van der Waals surface area (Å²) in [4.78, 5) is 18.3. The first-order valence-corrected chi connectivity index (χ1v) is 8.91. The van der Waals surface area contributed by atoms with Crippen molar-refractivity contribution in [2.45, 2.75) is 39.3 Å². The van der Waals surface area contributed by atoms with E-state index in [2.05, 4.69) is 22.4 Å². The van der Waals surface area contributed by atoms with E-state index in [1.54, 1.807) is 30.4 Å². The van der Waals surface area contributed by atoms with Crippen molar-refractivity contribution >= 4 is 17.4 Å². The third-order valence-corrected chi connectivity index (χ3v) is 4.63. The highest BCUT2D eigenvalue weighted by molar-refractivity contribution is 7.09. The molecule has 130 valence electrons. The van der Waals surface area contributed by atoms with Gasteiger partial charge in [-0.1, -0.05) is 12.1 Å². The maximum atomic E-state index is 12.2. The van der Waals surface area contributed by atoms with Crippen molar-refractivity contribution in [2.24, 2.45) is 0 Å². The highest BCUT2D eigenvalue weighted by atomic mass is 32.1. The summed E-state index contributed by atoms with van der Waals surface area (Å²) in [6, 6.07) is 8.08. The largest absolute Gasteiger partial charge is 0.497 e. The number of ether oxygens (including phenoxy) is 1. The van der Waals surface area contributed by atoms with Gasteiger partial charge in [0.2, 0.25) is 0 Å². The molecular formula is C18H25N3O2S. The Kier molecular flexibility index (Phi) is 6.61. The molecule has 0 bridgehead atoms. The molecule has 2 aromatic rings. The van der Waals surface area contributed by atoms with Crippen LogP contribution < -0.4 is 10.1 Å². The van der Waals surface area contributed by atoms with Crippen LogP contribution in [0.15, 0.2) is 29.6 Å². The average Bonchev–Trinajstić information content (AvgIpc) is 2.98. The summed E-state index contributed by atoms with van der Waals surface area (Å²) in [5.41, 5.74) is 2.17. The number of methoxy groups -OCH3 is 1. The zero-order chi connectivity index (χ0) is 17.5.